The van der Waals surface area contributed by atoms with Crippen molar-refractivity contribution in [3.63, 3.8) is 0 Å². The van der Waals surface area contributed by atoms with Crippen molar-refractivity contribution in [1.29, 1.82) is 10.0 Å². The van der Waals surface area contributed by atoms with Crippen LogP contribution in [-0.2, 0) is 9.62 Å². The van der Waals surface area contributed by atoms with Gasteiger partial charge in [-0.2, -0.15) is 14.6 Å². The van der Waals surface area contributed by atoms with Crippen LogP contribution in [0.4, 0.5) is 0 Å². The number of hydrogen-bond acceptors (Lipinski definition) is 4. The second-order valence-electron chi connectivity index (χ2n) is 3.02. The quantitative estimate of drug-likeness (QED) is 0.502. The van der Waals surface area contributed by atoms with Crippen LogP contribution in [-0.4, -0.2) is 17.3 Å². The molecule has 4 nitrogen and oxygen atoms in total. The first-order chi connectivity index (χ1) is 7.65. The summed E-state index contributed by atoms with van der Waals surface area (Å²) in [5.41, 5.74) is 0. The molecule has 0 atom stereocenters. The van der Waals surface area contributed by atoms with E-state index in [0.717, 1.165) is 4.88 Å². The number of amidine groups is 1. The van der Waals surface area contributed by atoms with Crippen LogP contribution in [0.3, 0.4) is 0 Å². The van der Waals surface area contributed by atoms with Gasteiger partial charge in [0.05, 0.1) is 4.88 Å². The van der Waals surface area contributed by atoms with Crippen LogP contribution in [0.1, 0.15) is 18.7 Å². The molecule has 0 saturated carbocycles. The van der Waals surface area contributed by atoms with Gasteiger partial charge in [0, 0.05) is 11.5 Å². The number of thiophene rings is 1. The molecular weight excluding hydrogens is 240 g/mol. The third-order valence-electron chi connectivity index (χ3n) is 2.11. The highest BCUT2D eigenvalue weighted by atomic mass is 32.2. The van der Waals surface area contributed by atoms with Gasteiger partial charge in [-0.25, -0.2) is 0 Å². The Morgan fingerprint density at radius 2 is 2.25 bits per heavy atom. The van der Waals surface area contributed by atoms with Crippen molar-refractivity contribution in [3.05, 3.63) is 22.4 Å². The topological polar surface area (TPSA) is 72.4 Å². The van der Waals surface area contributed by atoms with Crippen LogP contribution in [0.25, 0.3) is 0 Å². The molecule has 1 N–H and O–H groups in total. The van der Waals surface area contributed by atoms with Gasteiger partial charge in [-0.15, -0.1) is 11.3 Å². The summed E-state index contributed by atoms with van der Waals surface area (Å²) in [6.07, 6.45) is 1.76. The average molecular weight is 254 g/mol. The van der Waals surface area contributed by atoms with E-state index in [-0.39, 0.29) is 0 Å². The zero-order valence-corrected chi connectivity index (χ0v) is 10.9. The minimum atomic E-state index is -1.76. The van der Waals surface area contributed by atoms with E-state index in [1.165, 1.54) is 11.3 Å². The van der Waals surface area contributed by atoms with Crippen molar-refractivity contribution in [1.82, 2.24) is 0 Å². The van der Waals surface area contributed by atoms with Crippen molar-refractivity contribution in [2.75, 3.05) is 11.5 Å². The SMILES string of the molecule is CCS(=N)(CC)=NC(=NC#N)c1cccs1. The average Bonchev–Trinajstić information content (AvgIpc) is 2.82. The van der Waals surface area contributed by atoms with E-state index in [9.17, 15) is 0 Å². The van der Waals surface area contributed by atoms with E-state index in [1.54, 1.807) is 6.19 Å². The van der Waals surface area contributed by atoms with E-state index < -0.39 is 9.62 Å². The molecule has 6 heteroatoms. The Hall–Kier alpha value is -1.19. The fourth-order valence-electron chi connectivity index (χ4n) is 1.07. The first-order valence-corrected chi connectivity index (χ1v) is 7.73. The summed E-state index contributed by atoms with van der Waals surface area (Å²) >= 11 is 1.49. The summed E-state index contributed by atoms with van der Waals surface area (Å²) in [6.45, 7) is 3.90. The maximum atomic E-state index is 8.63. The molecule has 16 heavy (non-hydrogen) atoms. The lowest BCUT2D eigenvalue weighted by Gasteiger charge is -2.07. The summed E-state index contributed by atoms with van der Waals surface area (Å²) in [5, 5.41) is 10.5. The maximum absolute atomic E-state index is 8.63. The Kier molecular flexibility index (Phi) is 4.65. The summed E-state index contributed by atoms with van der Waals surface area (Å²) in [7, 11) is -1.76. The molecule has 0 bridgehead atoms. The van der Waals surface area contributed by atoms with Crippen LogP contribution in [0.15, 0.2) is 26.9 Å². The molecule has 0 radical (unpaired) electrons. The normalized spacial score (nSPS) is 12.2. The van der Waals surface area contributed by atoms with Gasteiger partial charge in [0.1, 0.15) is 0 Å². The second-order valence-corrected chi connectivity index (χ2v) is 6.99. The van der Waals surface area contributed by atoms with E-state index in [4.69, 9.17) is 10.0 Å². The van der Waals surface area contributed by atoms with Crippen molar-refractivity contribution < 1.29 is 0 Å². The third kappa shape index (κ3) is 3.15. The summed E-state index contributed by atoms with van der Waals surface area (Å²) in [4.78, 5) is 4.57. The Bertz CT molecular complexity index is 504. The first-order valence-electron chi connectivity index (χ1n) is 4.92. The summed E-state index contributed by atoms with van der Waals surface area (Å²) in [6, 6.07) is 3.76. The van der Waals surface area contributed by atoms with E-state index in [1.807, 2.05) is 31.4 Å². The molecule has 86 valence electrons. The lowest BCUT2D eigenvalue weighted by atomic mass is 10.4. The standard InChI is InChI=1S/C10H14N4S2/c1-3-16(12,4-2)14-10(13-8-11)9-6-5-7-15-9/h5-7,12H,3-4H2,1-2H3. The predicted octanol–water partition coefficient (Wildman–Crippen LogP) is 3.12. The zero-order valence-electron chi connectivity index (χ0n) is 9.30. The molecule has 0 spiro atoms. The number of hydrogen-bond donors (Lipinski definition) is 1. The lowest BCUT2D eigenvalue weighted by molar-refractivity contribution is 1.36. The van der Waals surface area contributed by atoms with Crippen LogP contribution in [0, 0.1) is 16.2 Å². The van der Waals surface area contributed by atoms with Gasteiger partial charge < -0.3 is 0 Å². The Morgan fingerprint density at radius 1 is 1.56 bits per heavy atom. The molecular formula is C10H14N4S2. The molecule has 0 aliphatic rings. The molecule has 1 rings (SSSR count). The number of aliphatic imine (C=N–C) groups is 1. The predicted molar refractivity (Wildman–Crippen MR) is 70.1 cm³/mol. The van der Waals surface area contributed by atoms with Crippen molar-refractivity contribution in [2.24, 2.45) is 9.36 Å². The molecule has 0 unspecified atom stereocenters. The van der Waals surface area contributed by atoms with Crippen molar-refractivity contribution in [3.8, 4) is 6.19 Å². The van der Waals surface area contributed by atoms with Crippen LogP contribution >= 0.6 is 11.3 Å². The largest absolute Gasteiger partial charge is 0.270 e. The monoisotopic (exact) mass is 254 g/mol. The summed E-state index contributed by atoms with van der Waals surface area (Å²) < 4.78 is 12.5. The van der Waals surface area contributed by atoms with E-state index in [2.05, 4.69) is 9.36 Å². The number of nitrogens with zero attached hydrogens (tertiary/aromatic N) is 3. The minimum Gasteiger partial charge on any atom is -0.270 e. The van der Waals surface area contributed by atoms with Gasteiger partial charge in [0.25, 0.3) is 0 Å². The van der Waals surface area contributed by atoms with Crippen LogP contribution in [0.2, 0.25) is 0 Å². The molecule has 0 saturated heterocycles. The fourth-order valence-corrected chi connectivity index (χ4v) is 2.92. The molecule has 0 aromatic carbocycles. The van der Waals surface area contributed by atoms with Gasteiger partial charge in [-0.3, -0.25) is 4.78 Å². The van der Waals surface area contributed by atoms with E-state index in [0.29, 0.717) is 17.3 Å². The second kappa shape index (κ2) is 5.77. The Morgan fingerprint density at radius 3 is 2.69 bits per heavy atom. The van der Waals surface area contributed by atoms with E-state index >= 15 is 0 Å². The highest BCUT2D eigenvalue weighted by Crippen LogP contribution is 2.13. The molecule has 1 aromatic heterocycles. The number of nitrogens with one attached hydrogen (secondary N) is 1. The third-order valence-corrected chi connectivity index (χ3v) is 5.41. The Balaban J connectivity index is 3.23. The van der Waals surface area contributed by atoms with Crippen LogP contribution in [0.5, 0.6) is 0 Å². The molecule has 1 aromatic rings. The summed E-state index contributed by atoms with van der Waals surface area (Å²) in [5.74, 6) is 1.80. The molecule has 0 fully saturated rings. The smallest absolute Gasteiger partial charge is 0.207 e. The number of rotatable bonds is 3. The lowest BCUT2D eigenvalue weighted by Crippen LogP contribution is -2.08. The molecule has 0 amide bonds. The van der Waals surface area contributed by atoms with Gasteiger partial charge >= 0.3 is 0 Å². The zero-order chi connectivity index (χ0) is 12.0. The minimum absolute atomic E-state index is 0.409. The van der Waals surface area contributed by atoms with Gasteiger partial charge in [0.2, 0.25) is 6.19 Å². The fraction of sp³-hybridized carbons (Fsp3) is 0.400. The van der Waals surface area contributed by atoms with Crippen molar-refractivity contribution >= 4 is 26.8 Å². The Labute approximate surface area is 100 Å². The highest BCUT2D eigenvalue weighted by molar-refractivity contribution is 7.94. The molecule has 0 aliphatic heterocycles. The first kappa shape index (κ1) is 12.9. The number of nitriles is 1. The van der Waals surface area contributed by atoms with Gasteiger partial charge in [-0.05, 0) is 11.4 Å². The van der Waals surface area contributed by atoms with Gasteiger partial charge in [-0.1, -0.05) is 29.5 Å². The van der Waals surface area contributed by atoms with Crippen molar-refractivity contribution in [2.45, 2.75) is 13.8 Å². The highest BCUT2D eigenvalue weighted by Gasteiger charge is 2.06. The molecule has 0 aliphatic carbocycles. The molecule has 1 heterocycles. The maximum Gasteiger partial charge on any atom is 0.207 e. The van der Waals surface area contributed by atoms with Gasteiger partial charge in [0.15, 0.2) is 5.84 Å². The van der Waals surface area contributed by atoms with Crippen LogP contribution < -0.4 is 0 Å².